The molecule has 2 fully saturated rings. The van der Waals surface area contributed by atoms with E-state index in [0.29, 0.717) is 31.1 Å². The maximum Gasteiger partial charge on any atom is 0.255 e. The van der Waals surface area contributed by atoms with E-state index in [2.05, 4.69) is 17.6 Å². The summed E-state index contributed by atoms with van der Waals surface area (Å²) in [5.74, 6) is -0.761. The first-order valence-corrected chi connectivity index (χ1v) is 10.1. The average Bonchev–Trinajstić information content (AvgIpc) is 2.97. The van der Waals surface area contributed by atoms with E-state index in [-0.39, 0.29) is 29.7 Å². The van der Waals surface area contributed by atoms with Gasteiger partial charge in [-0.05, 0) is 56.2 Å². The van der Waals surface area contributed by atoms with Gasteiger partial charge in [-0.3, -0.25) is 19.7 Å². The Morgan fingerprint density at radius 3 is 2.68 bits per heavy atom. The van der Waals surface area contributed by atoms with Gasteiger partial charge in [0.1, 0.15) is 6.04 Å². The molecule has 3 amide bonds. The third kappa shape index (κ3) is 3.82. The Kier molecular flexibility index (Phi) is 4.97. The van der Waals surface area contributed by atoms with Crippen LogP contribution in [0.2, 0.25) is 0 Å². The first kappa shape index (κ1) is 19.1. The van der Waals surface area contributed by atoms with Gasteiger partial charge in [0.15, 0.2) is 0 Å². The molecule has 1 aromatic rings. The number of imide groups is 1. The summed E-state index contributed by atoms with van der Waals surface area (Å²) in [6.07, 6.45) is 4.85. The van der Waals surface area contributed by atoms with Crippen molar-refractivity contribution in [2.45, 2.75) is 76.2 Å². The third-order valence-electron chi connectivity index (χ3n) is 6.32. The second-order valence-corrected chi connectivity index (χ2v) is 8.70. The fourth-order valence-electron chi connectivity index (χ4n) is 4.46. The zero-order chi connectivity index (χ0) is 19.9. The molecule has 3 aliphatic rings. The molecule has 7 nitrogen and oxygen atoms in total. The highest BCUT2D eigenvalue weighted by Gasteiger charge is 2.39. The summed E-state index contributed by atoms with van der Waals surface area (Å²) in [6.45, 7) is 3.25. The molecule has 1 aromatic carbocycles. The van der Waals surface area contributed by atoms with Crippen molar-refractivity contribution < 1.29 is 14.4 Å². The molecule has 1 aliphatic carbocycles. The molecule has 2 heterocycles. The lowest BCUT2D eigenvalue weighted by Crippen LogP contribution is -2.52. The molecule has 1 saturated heterocycles. The summed E-state index contributed by atoms with van der Waals surface area (Å²) < 4.78 is 0. The number of piperidine rings is 1. The van der Waals surface area contributed by atoms with E-state index < -0.39 is 6.04 Å². The quantitative estimate of drug-likeness (QED) is 0.677. The standard InChI is InChI=1S/C21H28N4O3/c1-21(22)8-6-15(7-9-21)23-11-13-2-3-14-12-25(20(28)16(14)10-13)17-4-5-18(26)24-19(17)27/h2-3,10,15,17,23H,4-9,11-12,22H2,1H3,(H,24,26,27). The number of rotatable bonds is 4. The van der Waals surface area contributed by atoms with Crippen molar-refractivity contribution in [3.8, 4) is 0 Å². The van der Waals surface area contributed by atoms with Gasteiger partial charge < -0.3 is 16.0 Å². The monoisotopic (exact) mass is 384 g/mol. The Morgan fingerprint density at radius 2 is 1.96 bits per heavy atom. The molecule has 28 heavy (non-hydrogen) atoms. The molecule has 0 radical (unpaired) electrons. The summed E-state index contributed by atoms with van der Waals surface area (Å²) in [7, 11) is 0. The number of amides is 3. The molecule has 0 aromatic heterocycles. The van der Waals surface area contributed by atoms with Crippen LogP contribution in [0, 0.1) is 0 Å². The van der Waals surface area contributed by atoms with Crippen molar-refractivity contribution in [3.63, 3.8) is 0 Å². The van der Waals surface area contributed by atoms with Crippen LogP contribution in [0.5, 0.6) is 0 Å². The lowest BCUT2D eigenvalue weighted by molar-refractivity contribution is -0.136. The second-order valence-electron chi connectivity index (χ2n) is 8.70. The normalized spacial score (nSPS) is 30.4. The van der Waals surface area contributed by atoms with Gasteiger partial charge in [0.2, 0.25) is 11.8 Å². The molecule has 2 aliphatic heterocycles. The molecule has 150 valence electrons. The van der Waals surface area contributed by atoms with Gasteiger partial charge in [-0.25, -0.2) is 0 Å². The SMILES string of the molecule is CC1(N)CCC(NCc2ccc3c(c2)C(=O)N(C2CCC(=O)NC2=O)C3)CC1. The van der Waals surface area contributed by atoms with Crippen LogP contribution in [0.25, 0.3) is 0 Å². The van der Waals surface area contributed by atoms with E-state index in [4.69, 9.17) is 5.73 Å². The van der Waals surface area contributed by atoms with E-state index >= 15 is 0 Å². The van der Waals surface area contributed by atoms with Crippen molar-refractivity contribution in [1.82, 2.24) is 15.5 Å². The van der Waals surface area contributed by atoms with Crippen LogP contribution in [0.3, 0.4) is 0 Å². The number of hydrogen-bond acceptors (Lipinski definition) is 5. The van der Waals surface area contributed by atoms with E-state index in [9.17, 15) is 14.4 Å². The van der Waals surface area contributed by atoms with Crippen LogP contribution < -0.4 is 16.4 Å². The van der Waals surface area contributed by atoms with Crippen molar-refractivity contribution in [1.29, 1.82) is 0 Å². The number of nitrogens with zero attached hydrogens (tertiary/aromatic N) is 1. The zero-order valence-electron chi connectivity index (χ0n) is 16.3. The summed E-state index contributed by atoms with van der Waals surface area (Å²) >= 11 is 0. The molecule has 0 spiro atoms. The first-order chi connectivity index (χ1) is 13.3. The van der Waals surface area contributed by atoms with Gasteiger partial charge in [0.05, 0.1) is 0 Å². The van der Waals surface area contributed by atoms with E-state index in [1.165, 1.54) is 0 Å². The molecule has 7 heteroatoms. The maximum atomic E-state index is 12.9. The molecule has 4 rings (SSSR count). The number of nitrogens with one attached hydrogen (secondary N) is 2. The van der Waals surface area contributed by atoms with Crippen molar-refractivity contribution in [2.24, 2.45) is 5.73 Å². The predicted octanol–water partition coefficient (Wildman–Crippen LogP) is 1.20. The van der Waals surface area contributed by atoms with Crippen LogP contribution in [0.1, 0.15) is 66.9 Å². The van der Waals surface area contributed by atoms with Gasteiger partial charge in [-0.1, -0.05) is 12.1 Å². The molecular formula is C21H28N4O3. The highest BCUT2D eigenvalue weighted by molar-refractivity contribution is 6.05. The predicted molar refractivity (Wildman–Crippen MR) is 104 cm³/mol. The van der Waals surface area contributed by atoms with Gasteiger partial charge in [0.25, 0.3) is 5.91 Å². The van der Waals surface area contributed by atoms with Gasteiger partial charge in [-0.2, -0.15) is 0 Å². The third-order valence-corrected chi connectivity index (χ3v) is 6.32. The van der Waals surface area contributed by atoms with Crippen LogP contribution in [0.4, 0.5) is 0 Å². The van der Waals surface area contributed by atoms with E-state index in [0.717, 1.165) is 36.8 Å². The highest BCUT2D eigenvalue weighted by Crippen LogP contribution is 2.29. The number of carbonyl (C=O) groups excluding carboxylic acids is 3. The largest absolute Gasteiger partial charge is 0.325 e. The number of nitrogens with two attached hydrogens (primary N) is 1. The molecule has 4 N–H and O–H groups in total. The summed E-state index contributed by atoms with van der Waals surface area (Å²) in [5, 5.41) is 5.92. The first-order valence-electron chi connectivity index (χ1n) is 10.1. The molecule has 0 bridgehead atoms. The molecule has 1 unspecified atom stereocenters. The topological polar surface area (TPSA) is 105 Å². The Bertz CT molecular complexity index is 810. The summed E-state index contributed by atoms with van der Waals surface area (Å²) in [6, 6.07) is 5.86. The van der Waals surface area contributed by atoms with E-state index in [1.54, 1.807) is 4.90 Å². The molecule has 1 atom stereocenters. The maximum absolute atomic E-state index is 12.9. The van der Waals surface area contributed by atoms with Crippen LogP contribution in [0.15, 0.2) is 18.2 Å². The van der Waals surface area contributed by atoms with Crippen LogP contribution >= 0.6 is 0 Å². The van der Waals surface area contributed by atoms with Crippen molar-refractivity contribution >= 4 is 17.7 Å². The van der Waals surface area contributed by atoms with E-state index in [1.807, 2.05) is 18.2 Å². The molecule has 1 saturated carbocycles. The Labute approximate surface area is 165 Å². The highest BCUT2D eigenvalue weighted by atomic mass is 16.2. The van der Waals surface area contributed by atoms with Gasteiger partial charge in [-0.15, -0.1) is 0 Å². The lowest BCUT2D eigenvalue weighted by atomic mass is 9.81. The zero-order valence-corrected chi connectivity index (χ0v) is 16.3. The van der Waals surface area contributed by atoms with Crippen molar-refractivity contribution in [2.75, 3.05) is 0 Å². The van der Waals surface area contributed by atoms with Crippen molar-refractivity contribution in [3.05, 3.63) is 34.9 Å². The smallest absolute Gasteiger partial charge is 0.255 e. The van der Waals surface area contributed by atoms with Crippen LogP contribution in [-0.4, -0.2) is 40.2 Å². The Balaban J connectivity index is 1.39. The minimum Gasteiger partial charge on any atom is -0.325 e. The summed E-state index contributed by atoms with van der Waals surface area (Å²) in [4.78, 5) is 38.0. The fourth-order valence-corrected chi connectivity index (χ4v) is 4.46. The van der Waals surface area contributed by atoms with Gasteiger partial charge >= 0.3 is 0 Å². The fraction of sp³-hybridized carbons (Fsp3) is 0.571. The number of fused-ring (bicyclic) bond motifs is 1. The second kappa shape index (κ2) is 7.29. The minimum atomic E-state index is -0.563. The number of hydrogen-bond donors (Lipinski definition) is 3. The van der Waals surface area contributed by atoms with Crippen LogP contribution in [-0.2, 0) is 22.7 Å². The summed E-state index contributed by atoms with van der Waals surface area (Å²) in [5.41, 5.74) is 8.83. The number of carbonyl (C=O) groups is 3. The molecular weight excluding hydrogens is 356 g/mol. The Morgan fingerprint density at radius 1 is 1.21 bits per heavy atom. The Hall–Kier alpha value is -2.25. The lowest BCUT2D eigenvalue weighted by Gasteiger charge is -2.34. The van der Waals surface area contributed by atoms with Gasteiger partial charge in [0, 0.05) is 36.7 Å². The number of benzene rings is 1. The minimum absolute atomic E-state index is 0.0440. The average molecular weight is 384 g/mol.